The molecule has 1 heterocycles. The number of hydrogen-bond acceptors (Lipinski definition) is 3. The smallest absolute Gasteiger partial charge is 0.252 e. The van der Waals surface area contributed by atoms with Gasteiger partial charge in [-0.3, -0.25) is 4.79 Å². The summed E-state index contributed by atoms with van der Waals surface area (Å²) in [6.07, 6.45) is 2.05. The fraction of sp³-hybridized carbons (Fsp3) is 0.444. The third-order valence-electron chi connectivity index (χ3n) is 1.78. The first-order chi connectivity index (χ1) is 6.63. The van der Waals surface area contributed by atoms with E-state index in [9.17, 15) is 4.79 Å². The van der Waals surface area contributed by atoms with Gasteiger partial charge in [0, 0.05) is 17.2 Å². The standard InChI is InChI=1S/C9H12INOS2/c1-6(13-2)4-11-9(12)7-3-8(10)14-5-7/h3,5-6H,4H2,1-2H3,(H,11,12). The molecule has 0 aliphatic carbocycles. The van der Waals surface area contributed by atoms with E-state index in [1.807, 2.05) is 17.7 Å². The molecule has 0 saturated heterocycles. The Labute approximate surface area is 106 Å². The zero-order valence-electron chi connectivity index (χ0n) is 8.04. The molecule has 14 heavy (non-hydrogen) atoms. The van der Waals surface area contributed by atoms with Gasteiger partial charge >= 0.3 is 0 Å². The highest BCUT2D eigenvalue weighted by atomic mass is 127. The van der Waals surface area contributed by atoms with Crippen molar-refractivity contribution >= 4 is 51.6 Å². The monoisotopic (exact) mass is 341 g/mol. The maximum Gasteiger partial charge on any atom is 0.252 e. The van der Waals surface area contributed by atoms with Crippen LogP contribution in [0.15, 0.2) is 11.4 Å². The van der Waals surface area contributed by atoms with E-state index < -0.39 is 0 Å². The summed E-state index contributed by atoms with van der Waals surface area (Å²) in [6.45, 7) is 2.83. The van der Waals surface area contributed by atoms with Gasteiger partial charge in [-0.25, -0.2) is 0 Å². The minimum Gasteiger partial charge on any atom is -0.351 e. The van der Waals surface area contributed by atoms with Gasteiger partial charge in [0.2, 0.25) is 0 Å². The lowest BCUT2D eigenvalue weighted by Gasteiger charge is -2.08. The van der Waals surface area contributed by atoms with E-state index >= 15 is 0 Å². The van der Waals surface area contributed by atoms with Crippen molar-refractivity contribution in [2.45, 2.75) is 12.2 Å². The Kier molecular flexibility index (Phi) is 5.25. The van der Waals surface area contributed by atoms with E-state index in [0.29, 0.717) is 5.25 Å². The first kappa shape index (κ1) is 12.3. The average Bonchev–Trinajstić information content (AvgIpc) is 2.60. The fourth-order valence-electron chi connectivity index (χ4n) is 0.851. The molecule has 78 valence electrons. The summed E-state index contributed by atoms with van der Waals surface area (Å²) in [4.78, 5) is 11.6. The molecule has 0 aliphatic heterocycles. The summed E-state index contributed by atoms with van der Waals surface area (Å²) in [6, 6.07) is 1.91. The van der Waals surface area contributed by atoms with Crippen LogP contribution >= 0.6 is 45.7 Å². The van der Waals surface area contributed by atoms with Crippen LogP contribution in [0.5, 0.6) is 0 Å². The molecular weight excluding hydrogens is 329 g/mol. The molecule has 0 fully saturated rings. The fourth-order valence-corrected chi connectivity index (χ4v) is 2.43. The summed E-state index contributed by atoms with van der Waals surface area (Å²) in [7, 11) is 0. The van der Waals surface area contributed by atoms with Crippen molar-refractivity contribution in [3.63, 3.8) is 0 Å². The Morgan fingerprint density at radius 2 is 2.50 bits per heavy atom. The Bertz CT molecular complexity index is 314. The summed E-state index contributed by atoms with van der Waals surface area (Å²) in [5.41, 5.74) is 0.771. The predicted octanol–water partition coefficient (Wildman–Crippen LogP) is 2.83. The van der Waals surface area contributed by atoms with Crippen LogP contribution in [0.2, 0.25) is 0 Å². The van der Waals surface area contributed by atoms with Crippen LogP contribution in [0.1, 0.15) is 17.3 Å². The molecule has 1 amide bonds. The second-order valence-corrected chi connectivity index (χ2v) is 6.98. The van der Waals surface area contributed by atoms with E-state index in [-0.39, 0.29) is 5.91 Å². The molecule has 0 aromatic carbocycles. The molecule has 1 aromatic rings. The Morgan fingerprint density at radius 1 is 1.79 bits per heavy atom. The molecule has 0 bridgehead atoms. The molecule has 0 spiro atoms. The first-order valence-corrected chi connectivity index (χ1v) is 7.43. The van der Waals surface area contributed by atoms with Crippen LogP contribution in [0.3, 0.4) is 0 Å². The molecule has 0 aliphatic rings. The number of carbonyl (C=O) groups is 1. The van der Waals surface area contributed by atoms with Crippen molar-refractivity contribution in [2.75, 3.05) is 12.8 Å². The van der Waals surface area contributed by atoms with Crippen molar-refractivity contribution in [1.82, 2.24) is 5.32 Å². The maximum atomic E-state index is 11.6. The Hall–Kier alpha value is 0.250. The van der Waals surface area contributed by atoms with Crippen molar-refractivity contribution in [3.8, 4) is 0 Å². The van der Waals surface area contributed by atoms with Crippen molar-refractivity contribution in [2.24, 2.45) is 0 Å². The number of nitrogens with one attached hydrogen (secondary N) is 1. The molecule has 1 aromatic heterocycles. The van der Waals surface area contributed by atoms with E-state index in [2.05, 4.69) is 34.8 Å². The SMILES string of the molecule is CSC(C)CNC(=O)c1csc(I)c1. The highest BCUT2D eigenvalue weighted by Gasteiger charge is 2.08. The van der Waals surface area contributed by atoms with Gasteiger partial charge in [-0.1, -0.05) is 6.92 Å². The minimum atomic E-state index is 0.0325. The van der Waals surface area contributed by atoms with Gasteiger partial charge in [0.1, 0.15) is 0 Å². The van der Waals surface area contributed by atoms with Gasteiger partial charge in [-0.15, -0.1) is 11.3 Å². The van der Waals surface area contributed by atoms with Gasteiger partial charge in [0.25, 0.3) is 5.91 Å². The van der Waals surface area contributed by atoms with Crippen LogP contribution in [0.4, 0.5) is 0 Å². The molecule has 1 unspecified atom stereocenters. The summed E-state index contributed by atoms with van der Waals surface area (Å²) in [5, 5.41) is 5.27. The zero-order valence-corrected chi connectivity index (χ0v) is 11.8. The number of thioether (sulfide) groups is 1. The first-order valence-electron chi connectivity index (χ1n) is 4.18. The molecule has 0 saturated carbocycles. The molecule has 1 N–H and O–H groups in total. The normalized spacial score (nSPS) is 12.5. The highest BCUT2D eigenvalue weighted by molar-refractivity contribution is 14.1. The van der Waals surface area contributed by atoms with Gasteiger partial charge in [-0.05, 0) is 34.9 Å². The summed E-state index contributed by atoms with van der Waals surface area (Å²) < 4.78 is 1.14. The number of thiophene rings is 1. The van der Waals surface area contributed by atoms with Crippen LogP contribution in [-0.4, -0.2) is 24.0 Å². The van der Waals surface area contributed by atoms with E-state index in [1.165, 1.54) is 0 Å². The molecule has 0 radical (unpaired) electrons. The van der Waals surface area contributed by atoms with Crippen LogP contribution in [0.25, 0.3) is 0 Å². The van der Waals surface area contributed by atoms with Crippen molar-refractivity contribution in [1.29, 1.82) is 0 Å². The second kappa shape index (κ2) is 5.97. The zero-order chi connectivity index (χ0) is 10.6. The van der Waals surface area contributed by atoms with Gasteiger partial charge in [0.15, 0.2) is 0 Å². The third kappa shape index (κ3) is 3.78. The summed E-state index contributed by atoms with van der Waals surface area (Å²) in [5.74, 6) is 0.0325. The van der Waals surface area contributed by atoms with E-state index in [4.69, 9.17) is 0 Å². The minimum absolute atomic E-state index is 0.0325. The highest BCUT2D eigenvalue weighted by Crippen LogP contribution is 2.16. The van der Waals surface area contributed by atoms with E-state index in [0.717, 1.165) is 15.0 Å². The Morgan fingerprint density at radius 3 is 3.00 bits per heavy atom. The maximum absolute atomic E-state index is 11.6. The van der Waals surface area contributed by atoms with Crippen molar-refractivity contribution < 1.29 is 4.79 Å². The molecule has 1 rings (SSSR count). The van der Waals surface area contributed by atoms with E-state index in [1.54, 1.807) is 23.1 Å². The summed E-state index contributed by atoms with van der Waals surface area (Å²) >= 11 is 5.56. The molecule has 5 heteroatoms. The number of carbonyl (C=O) groups excluding carboxylic acids is 1. The third-order valence-corrected chi connectivity index (χ3v) is 4.54. The van der Waals surface area contributed by atoms with Crippen molar-refractivity contribution in [3.05, 3.63) is 19.9 Å². The lowest BCUT2D eigenvalue weighted by atomic mass is 10.3. The lowest BCUT2D eigenvalue weighted by molar-refractivity contribution is 0.0954. The van der Waals surface area contributed by atoms with Crippen LogP contribution < -0.4 is 5.32 Å². The van der Waals surface area contributed by atoms with Gasteiger partial charge in [0.05, 0.1) is 8.45 Å². The molecule has 1 atom stereocenters. The number of amides is 1. The lowest BCUT2D eigenvalue weighted by Crippen LogP contribution is -2.28. The predicted molar refractivity (Wildman–Crippen MR) is 72.3 cm³/mol. The quantitative estimate of drug-likeness (QED) is 0.854. The van der Waals surface area contributed by atoms with Gasteiger partial charge in [-0.2, -0.15) is 11.8 Å². The molecule has 2 nitrogen and oxygen atoms in total. The van der Waals surface area contributed by atoms with Crippen LogP contribution in [-0.2, 0) is 0 Å². The number of rotatable bonds is 4. The van der Waals surface area contributed by atoms with Crippen LogP contribution in [0, 0.1) is 2.88 Å². The second-order valence-electron chi connectivity index (χ2n) is 2.90. The average molecular weight is 341 g/mol. The molecular formula is C9H12INOS2. The largest absolute Gasteiger partial charge is 0.351 e. The van der Waals surface area contributed by atoms with Gasteiger partial charge < -0.3 is 5.32 Å². The number of halogens is 1. The topological polar surface area (TPSA) is 29.1 Å². The Balaban J connectivity index is 2.43. The number of hydrogen-bond donors (Lipinski definition) is 1.